The highest BCUT2D eigenvalue weighted by atomic mass is 35.5. The van der Waals surface area contributed by atoms with Crippen LogP contribution in [-0.2, 0) is 11.2 Å². The molecule has 2 atom stereocenters. The Kier molecular flexibility index (Phi) is 6.27. The Hall–Kier alpha value is -0.610. The van der Waals surface area contributed by atoms with Crippen LogP contribution >= 0.6 is 0 Å². The first-order valence-electron chi connectivity index (χ1n) is 8.42. The number of morpholine rings is 1. The highest BCUT2D eigenvalue weighted by Gasteiger charge is 2.39. The lowest BCUT2D eigenvalue weighted by molar-refractivity contribution is -0.945. The molecule has 2 unspecified atom stereocenters. The summed E-state index contributed by atoms with van der Waals surface area (Å²) in [6.45, 7) is 13.2. The van der Waals surface area contributed by atoms with Crippen molar-refractivity contribution in [3.8, 4) is 0 Å². The molecule has 3 rings (SSSR count). The molecule has 2 aliphatic heterocycles. The van der Waals surface area contributed by atoms with Crippen molar-refractivity contribution in [3.63, 3.8) is 0 Å². The van der Waals surface area contributed by atoms with Gasteiger partial charge >= 0.3 is 0 Å². The van der Waals surface area contributed by atoms with Gasteiger partial charge in [0.25, 0.3) is 0 Å². The van der Waals surface area contributed by atoms with Gasteiger partial charge in [-0.3, -0.25) is 4.90 Å². The first-order valence-corrected chi connectivity index (χ1v) is 8.42. The summed E-state index contributed by atoms with van der Waals surface area (Å²) in [6.07, 6.45) is 2.02. The Balaban J connectivity index is 0.00000176. The van der Waals surface area contributed by atoms with E-state index in [9.17, 15) is 0 Å². The van der Waals surface area contributed by atoms with Crippen LogP contribution in [0, 0.1) is 0 Å². The molecule has 124 valence electrons. The van der Waals surface area contributed by atoms with E-state index in [1.165, 1.54) is 62.3 Å². The Morgan fingerprint density at radius 2 is 1.64 bits per heavy atom. The third-order valence-corrected chi connectivity index (χ3v) is 5.09. The van der Waals surface area contributed by atoms with Gasteiger partial charge < -0.3 is 21.6 Å². The lowest BCUT2D eigenvalue weighted by Crippen LogP contribution is -3.00. The molecule has 1 spiro atoms. The maximum atomic E-state index is 5.92. The van der Waals surface area contributed by atoms with Gasteiger partial charge in [-0.15, -0.1) is 0 Å². The molecule has 22 heavy (non-hydrogen) atoms. The van der Waals surface area contributed by atoms with E-state index in [0.29, 0.717) is 12.2 Å². The van der Waals surface area contributed by atoms with E-state index in [1.54, 1.807) is 0 Å². The topological polar surface area (TPSA) is 12.5 Å². The van der Waals surface area contributed by atoms with Crippen molar-refractivity contribution in [2.75, 3.05) is 45.8 Å². The van der Waals surface area contributed by atoms with Crippen LogP contribution in [0.1, 0.15) is 19.4 Å². The Labute approximate surface area is 141 Å². The van der Waals surface area contributed by atoms with Gasteiger partial charge in [0.05, 0.1) is 13.1 Å². The van der Waals surface area contributed by atoms with E-state index in [-0.39, 0.29) is 12.4 Å². The van der Waals surface area contributed by atoms with Gasteiger partial charge in [-0.25, -0.2) is 0 Å². The van der Waals surface area contributed by atoms with Gasteiger partial charge in [0.15, 0.2) is 0 Å². The van der Waals surface area contributed by atoms with Gasteiger partial charge in [0.2, 0.25) is 0 Å². The van der Waals surface area contributed by atoms with Crippen molar-refractivity contribution < 1.29 is 21.6 Å². The van der Waals surface area contributed by atoms with E-state index in [1.807, 2.05) is 0 Å². The molecule has 2 saturated heterocycles. The van der Waals surface area contributed by atoms with E-state index in [0.717, 1.165) is 0 Å². The maximum absolute atomic E-state index is 5.92. The normalized spacial score (nSPS) is 28.3. The Morgan fingerprint density at radius 1 is 1.05 bits per heavy atom. The molecule has 0 N–H and O–H groups in total. The molecule has 2 fully saturated rings. The highest BCUT2D eigenvalue weighted by molar-refractivity contribution is 5.14. The molecule has 0 aromatic heterocycles. The van der Waals surface area contributed by atoms with Gasteiger partial charge in [0.1, 0.15) is 25.3 Å². The van der Waals surface area contributed by atoms with Crippen LogP contribution in [0.15, 0.2) is 30.3 Å². The zero-order valence-corrected chi connectivity index (χ0v) is 14.6. The van der Waals surface area contributed by atoms with Crippen LogP contribution in [0.25, 0.3) is 0 Å². The third-order valence-electron chi connectivity index (χ3n) is 5.09. The second kappa shape index (κ2) is 7.78. The summed E-state index contributed by atoms with van der Waals surface area (Å²) in [5, 5.41) is 0. The quantitative estimate of drug-likeness (QED) is 0.673. The maximum Gasteiger partial charge on any atom is 0.105 e. The van der Waals surface area contributed by atoms with Crippen LogP contribution in [0.3, 0.4) is 0 Å². The molecule has 3 nitrogen and oxygen atoms in total. The number of ether oxygens (including phenoxy) is 1. The molecule has 2 heterocycles. The minimum absolute atomic E-state index is 0. The molecule has 0 aliphatic carbocycles. The van der Waals surface area contributed by atoms with Crippen LogP contribution in [-0.4, -0.2) is 67.4 Å². The number of rotatable bonds is 3. The number of nitrogens with zero attached hydrogens (tertiary/aromatic N) is 2. The summed E-state index contributed by atoms with van der Waals surface area (Å²) in [5.74, 6) is 0. The predicted octanol–water partition coefficient (Wildman–Crippen LogP) is -0.827. The van der Waals surface area contributed by atoms with Crippen molar-refractivity contribution in [3.05, 3.63) is 35.9 Å². The smallest absolute Gasteiger partial charge is 0.105 e. The minimum Gasteiger partial charge on any atom is -1.00 e. The van der Waals surface area contributed by atoms with Crippen molar-refractivity contribution in [1.82, 2.24) is 4.90 Å². The molecular weight excluding hydrogens is 296 g/mol. The number of piperazine rings is 1. The fourth-order valence-corrected chi connectivity index (χ4v) is 4.10. The zero-order chi connectivity index (χ0) is 14.7. The molecule has 0 amide bonds. The molecular formula is C18H29ClN2O. The molecule has 0 radical (unpaired) electrons. The standard InChI is InChI=1S/C18H29N2O.ClH/c1-16-14-20(15-17(2)21-16)12-10-19(11-13-20)9-8-18-6-4-3-5-7-18;/h3-7,16-17H,8-15H2,1-2H3;1H/q+1;/p-1. The van der Waals surface area contributed by atoms with Crippen molar-refractivity contribution >= 4 is 0 Å². The second-order valence-electron chi connectivity index (χ2n) is 6.99. The first kappa shape index (κ1) is 17.7. The number of benzene rings is 1. The van der Waals surface area contributed by atoms with E-state index < -0.39 is 0 Å². The van der Waals surface area contributed by atoms with Gasteiger partial charge in [-0.05, 0) is 25.8 Å². The lowest BCUT2D eigenvalue weighted by Gasteiger charge is -2.50. The molecule has 0 bridgehead atoms. The minimum atomic E-state index is 0. The van der Waals surface area contributed by atoms with Crippen molar-refractivity contribution in [1.29, 1.82) is 0 Å². The van der Waals surface area contributed by atoms with E-state index in [2.05, 4.69) is 49.1 Å². The second-order valence-corrected chi connectivity index (χ2v) is 6.99. The summed E-state index contributed by atoms with van der Waals surface area (Å²) in [4.78, 5) is 2.64. The summed E-state index contributed by atoms with van der Waals surface area (Å²) in [5.41, 5.74) is 1.46. The largest absolute Gasteiger partial charge is 1.00 e. The molecule has 0 saturated carbocycles. The highest BCUT2D eigenvalue weighted by Crippen LogP contribution is 2.22. The summed E-state index contributed by atoms with van der Waals surface area (Å²) >= 11 is 0. The van der Waals surface area contributed by atoms with Crippen molar-refractivity contribution in [2.45, 2.75) is 32.5 Å². The third kappa shape index (κ3) is 4.45. The monoisotopic (exact) mass is 324 g/mol. The van der Waals surface area contributed by atoms with Crippen LogP contribution in [0.5, 0.6) is 0 Å². The van der Waals surface area contributed by atoms with Gasteiger partial charge in [0, 0.05) is 19.6 Å². The SMILES string of the molecule is CC1C[N+]2(CCN(CCc3ccccc3)CC2)CC(C)O1.[Cl-]. The average Bonchev–Trinajstić information content (AvgIpc) is 2.47. The van der Waals surface area contributed by atoms with Crippen LogP contribution < -0.4 is 12.4 Å². The lowest BCUT2D eigenvalue weighted by atomic mass is 10.1. The summed E-state index contributed by atoms with van der Waals surface area (Å²) in [6, 6.07) is 10.9. The average molecular weight is 325 g/mol. The number of halogens is 1. The summed E-state index contributed by atoms with van der Waals surface area (Å²) < 4.78 is 7.20. The van der Waals surface area contributed by atoms with Crippen molar-refractivity contribution in [2.24, 2.45) is 0 Å². The molecule has 4 heteroatoms. The number of quaternary nitrogens is 1. The Bertz CT molecular complexity index is 434. The molecule has 2 aliphatic rings. The fourth-order valence-electron chi connectivity index (χ4n) is 4.10. The fraction of sp³-hybridized carbons (Fsp3) is 0.667. The number of hydrogen-bond acceptors (Lipinski definition) is 2. The Morgan fingerprint density at radius 3 is 2.23 bits per heavy atom. The predicted molar refractivity (Wildman–Crippen MR) is 86.3 cm³/mol. The van der Waals surface area contributed by atoms with Gasteiger partial charge in [-0.2, -0.15) is 0 Å². The summed E-state index contributed by atoms with van der Waals surface area (Å²) in [7, 11) is 0. The van der Waals surface area contributed by atoms with Crippen LogP contribution in [0.2, 0.25) is 0 Å². The van der Waals surface area contributed by atoms with Crippen LogP contribution in [0.4, 0.5) is 0 Å². The number of hydrogen-bond donors (Lipinski definition) is 0. The zero-order valence-electron chi connectivity index (χ0n) is 13.9. The van der Waals surface area contributed by atoms with E-state index >= 15 is 0 Å². The molecule has 1 aromatic carbocycles. The van der Waals surface area contributed by atoms with Gasteiger partial charge in [-0.1, -0.05) is 30.3 Å². The first-order chi connectivity index (χ1) is 10.2. The van der Waals surface area contributed by atoms with E-state index in [4.69, 9.17) is 4.74 Å². The molecule has 1 aromatic rings.